The second kappa shape index (κ2) is 2.84. The van der Waals surface area contributed by atoms with Gasteiger partial charge in [0.2, 0.25) is 0 Å². The van der Waals surface area contributed by atoms with E-state index in [0.29, 0.717) is 0 Å². The maximum absolute atomic E-state index is 2.76. The summed E-state index contributed by atoms with van der Waals surface area (Å²) >= 11 is 0. The molecule has 90 valence electrons. The molecule has 2 nitrogen and oxygen atoms in total. The number of rotatable bonds is 2. The number of fused-ring (bicyclic) bond motifs is 1. The Hall–Kier alpha value is -0.0800. The molecular formula is C14H24N2. The predicted molar refractivity (Wildman–Crippen MR) is 65.4 cm³/mol. The summed E-state index contributed by atoms with van der Waals surface area (Å²) in [5.41, 5.74) is 1.54. The lowest BCUT2D eigenvalue weighted by atomic mass is 9.63. The molecule has 0 aromatic carbocycles. The van der Waals surface area contributed by atoms with E-state index < -0.39 is 0 Å². The molecule has 4 rings (SSSR count). The standard InChI is InChI=1S/C14H24N2/c1-11-6-14(7-12(14)15(11)2)10-16-8-13(9-16)4-3-5-13/h11-12H,3-10H2,1-2H3. The molecule has 3 atom stereocenters. The van der Waals surface area contributed by atoms with Crippen LogP contribution in [0.15, 0.2) is 0 Å². The van der Waals surface area contributed by atoms with Gasteiger partial charge in [-0.25, -0.2) is 0 Å². The Kier molecular flexibility index (Phi) is 1.76. The fourth-order valence-corrected chi connectivity index (χ4v) is 4.85. The molecule has 2 aliphatic carbocycles. The Bertz CT molecular complexity index is 315. The Morgan fingerprint density at radius 3 is 2.44 bits per heavy atom. The molecule has 0 bridgehead atoms. The van der Waals surface area contributed by atoms with Gasteiger partial charge in [0.25, 0.3) is 0 Å². The van der Waals surface area contributed by atoms with E-state index in [4.69, 9.17) is 0 Å². The molecular weight excluding hydrogens is 196 g/mol. The molecule has 4 aliphatic rings. The smallest absolute Gasteiger partial charge is 0.0171 e. The molecule has 2 heterocycles. The highest BCUT2D eigenvalue weighted by molar-refractivity contribution is 5.17. The van der Waals surface area contributed by atoms with Gasteiger partial charge in [-0.1, -0.05) is 6.42 Å². The van der Waals surface area contributed by atoms with Gasteiger partial charge in [0.1, 0.15) is 0 Å². The van der Waals surface area contributed by atoms with Crippen molar-refractivity contribution in [2.24, 2.45) is 10.8 Å². The maximum Gasteiger partial charge on any atom is 0.0171 e. The second-order valence-electron chi connectivity index (χ2n) is 7.30. The molecule has 2 heteroatoms. The van der Waals surface area contributed by atoms with E-state index in [1.165, 1.54) is 51.7 Å². The molecule has 0 aromatic heterocycles. The zero-order valence-electron chi connectivity index (χ0n) is 10.7. The van der Waals surface area contributed by atoms with Gasteiger partial charge in [-0.05, 0) is 45.1 Å². The Balaban J connectivity index is 1.36. The van der Waals surface area contributed by atoms with E-state index in [-0.39, 0.29) is 0 Å². The molecule has 1 spiro atoms. The molecule has 0 N–H and O–H groups in total. The van der Waals surface area contributed by atoms with Gasteiger partial charge in [0.15, 0.2) is 0 Å². The SMILES string of the molecule is CC1CC2(CN3CC4(CCC4)C3)CC2N1C. The minimum absolute atomic E-state index is 0.722. The van der Waals surface area contributed by atoms with Crippen molar-refractivity contribution in [3.8, 4) is 0 Å². The topological polar surface area (TPSA) is 6.48 Å². The van der Waals surface area contributed by atoms with Crippen LogP contribution in [-0.2, 0) is 0 Å². The molecule has 2 saturated carbocycles. The third-order valence-corrected chi connectivity index (χ3v) is 6.11. The summed E-state index contributed by atoms with van der Waals surface area (Å²) < 4.78 is 0. The highest BCUT2D eigenvalue weighted by Gasteiger charge is 2.63. The summed E-state index contributed by atoms with van der Waals surface area (Å²) in [6, 6.07) is 1.76. The van der Waals surface area contributed by atoms with Crippen molar-refractivity contribution in [3.63, 3.8) is 0 Å². The first kappa shape index (κ1) is 9.90. The third-order valence-electron chi connectivity index (χ3n) is 6.11. The van der Waals surface area contributed by atoms with Gasteiger partial charge in [-0.15, -0.1) is 0 Å². The number of piperidine rings is 1. The van der Waals surface area contributed by atoms with E-state index in [2.05, 4.69) is 23.8 Å². The van der Waals surface area contributed by atoms with E-state index >= 15 is 0 Å². The Morgan fingerprint density at radius 2 is 1.94 bits per heavy atom. The molecule has 2 saturated heterocycles. The van der Waals surface area contributed by atoms with Crippen molar-refractivity contribution in [2.45, 2.75) is 51.1 Å². The molecule has 16 heavy (non-hydrogen) atoms. The number of hydrogen-bond acceptors (Lipinski definition) is 2. The summed E-state index contributed by atoms with van der Waals surface area (Å²) in [5.74, 6) is 0. The molecule has 0 amide bonds. The average Bonchev–Trinajstić information content (AvgIpc) is 2.75. The van der Waals surface area contributed by atoms with Crippen molar-refractivity contribution < 1.29 is 0 Å². The maximum atomic E-state index is 2.76. The van der Waals surface area contributed by atoms with E-state index in [1.54, 1.807) is 0 Å². The summed E-state index contributed by atoms with van der Waals surface area (Å²) in [4.78, 5) is 5.38. The van der Waals surface area contributed by atoms with Crippen LogP contribution in [0, 0.1) is 10.8 Å². The third kappa shape index (κ3) is 1.15. The van der Waals surface area contributed by atoms with Gasteiger partial charge < -0.3 is 9.80 Å². The molecule has 4 fully saturated rings. The van der Waals surface area contributed by atoms with E-state index in [0.717, 1.165) is 22.9 Å². The van der Waals surface area contributed by atoms with Crippen LogP contribution in [-0.4, -0.2) is 48.6 Å². The first-order valence-electron chi connectivity index (χ1n) is 7.07. The van der Waals surface area contributed by atoms with Gasteiger partial charge in [0, 0.05) is 37.1 Å². The minimum Gasteiger partial charge on any atom is -0.302 e. The van der Waals surface area contributed by atoms with Crippen LogP contribution in [0.4, 0.5) is 0 Å². The molecule has 0 radical (unpaired) electrons. The molecule has 2 aliphatic heterocycles. The zero-order chi connectivity index (χ0) is 11.0. The Labute approximate surface area is 99.0 Å². The fourth-order valence-electron chi connectivity index (χ4n) is 4.85. The lowest BCUT2D eigenvalue weighted by molar-refractivity contribution is -0.0688. The van der Waals surface area contributed by atoms with Crippen molar-refractivity contribution in [1.82, 2.24) is 9.80 Å². The predicted octanol–water partition coefficient (Wildman–Crippen LogP) is 1.96. The average molecular weight is 220 g/mol. The highest BCUT2D eigenvalue weighted by atomic mass is 15.3. The van der Waals surface area contributed by atoms with Crippen molar-refractivity contribution in [3.05, 3.63) is 0 Å². The van der Waals surface area contributed by atoms with Crippen LogP contribution in [0.1, 0.15) is 39.0 Å². The number of nitrogens with zero attached hydrogens (tertiary/aromatic N) is 2. The number of likely N-dealkylation sites (tertiary alicyclic amines) is 2. The van der Waals surface area contributed by atoms with E-state index in [9.17, 15) is 0 Å². The Morgan fingerprint density at radius 1 is 1.19 bits per heavy atom. The van der Waals surface area contributed by atoms with Gasteiger partial charge >= 0.3 is 0 Å². The highest BCUT2D eigenvalue weighted by Crippen LogP contribution is 2.60. The largest absolute Gasteiger partial charge is 0.302 e. The lowest BCUT2D eigenvalue weighted by Gasteiger charge is -2.57. The molecule has 3 unspecified atom stereocenters. The minimum atomic E-state index is 0.722. The van der Waals surface area contributed by atoms with Crippen LogP contribution in [0.2, 0.25) is 0 Å². The normalized spacial score (nSPS) is 49.9. The molecule has 0 aromatic rings. The van der Waals surface area contributed by atoms with Gasteiger partial charge in [-0.3, -0.25) is 0 Å². The van der Waals surface area contributed by atoms with Crippen LogP contribution >= 0.6 is 0 Å². The second-order valence-corrected chi connectivity index (χ2v) is 7.30. The van der Waals surface area contributed by atoms with Crippen LogP contribution in [0.25, 0.3) is 0 Å². The van der Waals surface area contributed by atoms with Crippen LogP contribution in [0.5, 0.6) is 0 Å². The number of hydrogen-bond donors (Lipinski definition) is 0. The van der Waals surface area contributed by atoms with Crippen molar-refractivity contribution in [2.75, 3.05) is 26.7 Å². The quantitative estimate of drug-likeness (QED) is 0.702. The summed E-state index contributed by atoms with van der Waals surface area (Å²) in [5, 5.41) is 0. The first-order valence-corrected chi connectivity index (χ1v) is 7.07. The van der Waals surface area contributed by atoms with Gasteiger partial charge in [-0.2, -0.15) is 0 Å². The first-order chi connectivity index (χ1) is 7.63. The van der Waals surface area contributed by atoms with Crippen molar-refractivity contribution in [1.29, 1.82) is 0 Å². The zero-order valence-corrected chi connectivity index (χ0v) is 10.7. The summed E-state index contributed by atoms with van der Waals surface area (Å²) in [6.45, 7) is 6.67. The summed E-state index contributed by atoms with van der Waals surface area (Å²) in [6.07, 6.45) is 7.49. The van der Waals surface area contributed by atoms with E-state index in [1.807, 2.05) is 0 Å². The van der Waals surface area contributed by atoms with Crippen LogP contribution < -0.4 is 0 Å². The fraction of sp³-hybridized carbons (Fsp3) is 1.00. The monoisotopic (exact) mass is 220 g/mol. The van der Waals surface area contributed by atoms with Crippen molar-refractivity contribution >= 4 is 0 Å². The van der Waals surface area contributed by atoms with Crippen LogP contribution in [0.3, 0.4) is 0 Å². The summed E-state index contributed by atoms with van der Waals surface area (Å²) in [7, 11) is 2.33. The van der Waals surface area contributed by atoms with Gasteiger partial charge in [0.05, 0.1) is 0 Å². The lowest BCUT2D eigenvalue weighted by Crippen LogP contribution is -2.60.